The minimum Gasteiger partial charge on any atom is -0.393 e. The van der Waals surface area contributed by atoms with E-state index in [0.717, 1.165) is 38.5 Å². The van der Waals surface area contributed by atoms with Gasteiger partial charge in [-0.3, -0.25) is 4.79 Å². The van der Waals surface area contributed by atoms with E-state index in [2.05, 4.69) is 6.92 Å². The van der Waals surface area contributed by atoms with Crippen molar-refractivity contribution in [1.82, 2.24) is 0 Å². The zero-order valence-electron chi connectivity index (χ0n) is 14.2. The summed E-state index contributed by atoms with van der Waals surface area (Å²) in [7, 11) is 0. The SMILES string of the molecule is C[C@]12CC[C@@H](O)C[C@@H]1C[C@@H](O)[C@@H]1[C@@H]2CC[C@]2(C)C(=O)[C@H](O)C[C@@H]12. The Bertz CT molecular complexity index is 519. The topological polar surface area (TPSA) is 77.8 Å². The molecule has 4 saturated carbocycles. The molecule has 4 fully saturated rings. The largest absolute Gasteiger partial charge is 0.393 e. The first kappa shape index (κ1) is 16.0. The average Bonchev–Trinajstić information content (AvgIpc) is 2.73. The number of rotatable bonds is 0. The van der Waals surface area contributed by atoms with Crippen molar-refractivity contribution < 1.29 is 20.1 Å². The molecule has 3 N–H and O–H groups in total. The van der Waals surface area contributed by atoms with E-state index in [0.29, 0.717) is 18.3 Å². The summed E-state index contributed by atoms with van der Waals surface area (Å²) in [5.74, 6) is 1.04. The van der Waals surface area contributed by atoms with Gasteiger partial charge in [0.05, 0.1) is 12.2 Å². The second-order valence-corrected chi connectivity index (χ2v) is 9.30. The quantitative estimate of drug-likeness (QED) is 0.636. The van der Waals surface area contributed by atoms with Crippen molar-refractivity contribution >= 4 is 5.78 Å². The Hall–Kier alpha value is -0.450. The average molecular weight is 322 g/mol. The Labute approximate surface area is 138 Å². The Balaban J connectivity index is 1.69. The van der Waals surface area contributed by atoms with E-state index < -0.39 is 17.6 Å². The van der Waals surface area contributed by atoms with E-state index in [1.54, 1.807) is 0 Å². The van der Waals surface area contributed by atoms with Gasteiger partial charge in [0, 0.05) is 5.41 Å². The summed E-state index contributed by atoms with van der Waals surface area (Å²) in [5.41, 5.74) is -0.278. The number of carbonyl (C=O) groups excluding carboxylic acids is 1. The molecule has 0 radical (unpaired) electrons. The Morgan fingerprint density at radius 1 is 0.957 bits per heavy atom. The monoisotopic (exact) mass is 322 g/mol. The first-order valence-corrected chi connectivity index (χ1v) is 9.36. The molecule has 0 heterocycles. The molecule has 9 atom stereocenters. The highest BCUT2D eigenvalue weighted by Gasteiger charge is 2.64. The van der Waals surface area contributed by atoms with Crippen LogP contribution in [0.3, 0.4) is 0 Å². The lowest BCUT2D eigenvalue weighted by atomic mass is 9.44. The van der Waals surface area contributed by atoms with Crippen molar-refractivity contribution in [3.63, 3.8) is 0 Å². The fourth-order valence-electron chi connectivity index (χ4n) is 6.99. The Morgan fingerprint density at radius 3 is 2.43 bits per heavy atom. The molecule has 0 unspecified atom stereocenters. The summed E-state index contributed by atoms with van der Waals surface area (Å²) in [6.45, 7) is 4.36. The van der Waals surface area contributed by atoms with Gasteiger partial charge in [0.1, 0.15) is 6.10 Å². The van der Waals surface area contributed by atoms with Gasteiger partial charge in [0.25, 0.3) is 0 Å². The number of hydrogen-bond acceptors (Lipinski definition) is 4. The standard InChI is InChI=1S/C19H30O4/c1-18-5-3-11(20)7-10(18)8-14(21)16-12(18)4-6-19(2)13(16)9-15(22)17(19)23/h10-16,20-22H,3-9H2,1-2H3/t10-,11-,12+,13+,14-,15-,16-,18+,19+/m1/s1. The molecular weight excluding hydrogens is 292 g/mol. The Kier molecular flexibility index (Phi) is 3.51. The summed E-state index contributed by atoms with van der Waals surface area (Å²) in [5, 5.41) is 31.1. The van der Waals surface area contributed by atoms with Crippen molar-refractivity contribution in [3.05, 3.63) is 0 Å². The summed E-state index contributed by atoms with van der Waals surface area (Å²) in [6.07, 6.45) is 4.30. The van der Waals surface area contributed by atoms with Crippen molar-refractivity contribution in [3.8, 4) is 0 Å². The van der Waals surface area contributed by atoms with Crippen molar-refractivity contribution in [2.45, 2.75) is 77.1 Å². The lowest BCUT2D eigenvalue weighted by molar-refractivity contribution is -0.171. The number of aliphatic hydroxyl groups is 3. The molecule has 23 heavy (non-hydrogen) atoms. The molecule has 4 heteroatoms. The van der Waals surface area contributed by atoms with Crippen molar-refractivity contribution in [2.24, 2.45) is 34.5 Å². The van der Waals surface area contributed by atoms with Crippen LogP contribution in [0.25, 0.3) is 0 Å². The molecule has 4 aliphatic rings. The van der Waals surface area contributed by atoms with Crippen LogP contribution in [0.4, 0.5) is 0 Å². The van der Waals surface area contributed by atoms with E-state index in [1.807, 2.05) is 6.92 Å². The van der Waals surface area contributed by atoms with E-state index in [9.17, 15) is 20.1 Å². The number of aliphatic hydroxyl groups excluding tert-OH is 3. The van der Waals surface area contributed by atoms with E-state index >= 15 is 0 Å². The molecular formula is C19H30O4. The highest BCUT2D eigenvalue weighted by atomic mass is 16.3. The number of fused-ring (bicyclic) bond motifs is 5. The predicted molar refractivity (Wildman–Crippen MR) is 85.5 cm³/mol. The van der Waals surface area contributed by atoms with Crippen LogP contribution in [0.1, 0.15) is 58.8 Å². The summed E-state index contributed by atoms with van der Waals surface area (Å²) >= 11 is 0. The second-order valence-electron chi connectivity index (χ2n) is 9.30. The maximum Gasteiger partial charge on any atom is 0.167 e. The zero-order chi connectivity index (χ0) is 16.6. The third-order valence-electron chi connectivity index (χ3n) is 8.39. The molecule has 0 aliphatic heterocycles. The number of carbonyl (C=O) groups is 1. The third kappa shape index (κ3) is 2.04. The number of Topliss-reactive ketones (excluding diaryl/α,β-unsaturated/α-hetero) is 1. The van der Waals surface area contributed by atoms with Gasteiger partial charge in [-0.1, -0.05) is 13.8 Å². The van der Waals surface area contributed by atoms with Crippen LogP contribution >= 0.6 is 0 Å². The van der Waals surface area contributed by atoms with E-state index in [1.165, 1.54) is 0 Å². The lowest BCUT2D eigenvalue weighted by Gasteiger charge is -2.61. The van der Waals surface area contributed by atoms with E-state index in [4.69, 9.17) is 0 Å². The predicted octanol–water partition coefficient (Wildman–Crippen LogP) is 1.90. The molecule has 0 amide bonds. The maximum absolute atomic E-state index is 12.5. The fraction of sp³-hybridized carbons (Fsp3) is 0.947. The summed E-state index contributed by atoms with van der Waals surface area (Å²) in [4.78, 5) is 12.5. The van der Waals surface area contributed by atoms with Gasteiger partial charge in [-0.05, 0) is 74.0 Å². The van der Waals surface area contributed by atoms with Gasteiger partial charge in [0.15, 0.2) is 5.78 Å². The van der Waals surface area contributed by atoms with Crippen LogP contribution in [0.15, 0.2) is 0 Å². The Morgan fingerprint density at radius 2 is 1.70 bits per heavy atom. The molecule has 0 aromatic carbocycles. The van der Waals surface area contributed by atoms with Crippen LogP contribution in [-0.2, 0) is 4.79 Å². The minimum atomic E-state index is -0.838. The third-order valence-corrected chi connectivity index (χ3v) is 8.39. The highest BCUT2D eigenvalue weighted by molar-refractivity contribution is 5.91. The molecule has 4 aliphatic carbocycles. The van der Waals surface area contributed by atoms with Gasteiger partial charge < -0.3 is 15.3 Å². The van der Waals surface area contributed by atoms with Crippen LogP contribution in [0.2, 0.25) is 0 Å². The molecule has 0 spiro atoms. The fourth-order valence-corrected chi connectivity index (χ4v) is 6.99. The van der Waals surface area contributed by atoms with Gasteiger partial charge in [-0.25, -0.2) is 0 Å². The molecule has 4 rings (SSSR count). The molecule has 130 valence electrons. The molecule has 0 aromatic heterocycles. The summed E-state index contributed by atoms with van der Waals surface area (Å²) < 4.78 is 0. The molecule has 4 nitrogen and oxygen atoms in total. The first-order chi connectivity index (χ1) is 10.8. The van der Waals surface area contributed by atoms with E-state index in [-0.39, 0.29) is 29.1 Å². The smallest absolute Gasteiger partial charge is 0.167 e. The molecule has 0 bridgehead atoms. The normalized spacial score (nSPS) is 59.2. The zero-order valence-corrected chi connectivity index (χ0v) is 14.2. The highest BCUT2D eigenvalue weighted by Crippen LogP contribution is 2.65. The van der Waals surface area contributed by atoms with Crippen molar-refractivity contribution in [1.29, 1.82) is 0 Å². The minimum absolute atomic E-state index is 0.000470. The van der Waals surface area contributed by atoms with Gasteiger partial charge in [-0.2, -0.15) is 0 Å². The van der Waals surface area contributed by atoms with Gasteiger partial charge in [0.2, 0.25) is 0 Å². The summed E-state index contributed by atoms with van der Waals surface area (Å²) in [6, 6.07) is 0. The molecule has 0 saturated heterocycles. The van der Waals surface area contributed by atoms with Crippen LogP contribution in [-0.4, -0.2) is 39.4 Å². The van der Waals surface area contributed by atoms with Gasteiger partial charge >= 0.3 is 0 Å². The lowest BCUT2D eigenvalue weighted by Crippen LogP contribution is -2.58. The number of hydrogen-bond donors (Lipinski definition) is 3. The number of ketones is 1. The van der Waals surface area contributed by atoms with Gasteiger partial charge in [-0.15, -0.1) is 0 Å². The second kappa shape index (κ2) is 5.03. The van der Waals surface area contributed by atoms with Crippen LogP contribution in [0, 0.1) is 34.5 Å². The van der Waals surface area contributed by atoms with Crippen LogP contribution in [0.5, 0.6) is 0 Å². The maximum atomic E-state index is 12.5. The van der Waals surface area contributed by atoms with Crippen LogP contribution < -0.4 is 0 Å². The molecule has 0 aromatic rings. The first-order valence-electron chi connectivity index (χ1n) is 9.36. The van der Waals surface area contributed by atoms with Crippen molar-refractivity contribution in [2.75, 3.05) is 0 Å².